The lowest BCUT2D eigenvalue weighted by atomic mass is 10.0. The van der Waals surface area contributed by atoms with E-state index in [1.54, 1.807) is 42.7 Å². The van der Waals surface area contributed by atoms with Crippen molar-refractivity contribution in [3.05, 3.63) is 95.8 Å². The van der Waals surface area contributed by atoms with Crippen LogP contribution in [-0.4, -0.2) is 33.3 Å². The van der Waals surface area contributed by atoms with Crippen LogP contribution in [0.3, 0.4) is 0 Å². The van der Waals surface area contributed by atoms with Gasteiger partial charge in [0.2, 0.25) is 5.91 Å². The van der Waals surface area contributed by atoms with Gasteiger partial charge >= 0.3 is 0 Å². The maximum atomic E-state index is 13.7. The summed E-state index contributed by atoms with van der Waals surface area (Å²) in [4.78, 5) is 43.3. The number of fused-ring (bicyclic) bond motifs is 1. The molecule has 3 amide bonds. The standard InChI is InChI=1S/C29H29N5O3/c30-27(35)25(15-19-9-3-1-4-10-19)33-29(37)23-16-21(32-28(36)20-11-5-2-6-12-20)17-24-26(23)34(18-31-24)22-13-7-8-14-22/h1-6,9-12,16-18,22,25H,7-8,13-15H2,(H2,30,35)(H,32,36)(H,33,37)/t25-/m0/s1. The number of nitrogens with zero attached hydrogens (tertiary/aromatic N) is 2. The second kappa shape index (κ2) is 10.7. The average Bonchev–Trinajstić information content (AvgIpc) is 3.59. The van der Waals surface area contributed by atoms with Gasteiger partial charge in [0, 0.05) is 23.7 Å². The molecule has 188 valence electrons. The summed E-state index contributed by atoms with van der Waals surface area (Å²) in [7, 11) is 0. The second-order valence-corrected chi connectivity index (χ2v) is 9.42. The number of amides is 3. The third-order valence-electron chi connectivity index (χ3n) is 6.86. The Morgan fingerprint density at radius 3 is 2.30 bits per heavy atom. The fourth-order valence-electron chi connectivity index (χ4n) is 4.98. The van der Waals surface area contributed by atoms with Crippen LogP contribution < -0.4 is 16.4 Å². The number of rotatable bonds is 8. The van der Waals surface area contributed by atoms with Crippen molar-refractivity contribution in [1.29, 1.82) is 0 Å². The molecule has 1 fully saturated rings. The Balaban J connectivity index is 1.50. The second-order valence-electron chi connectivity index (χ2n) is 9.42. The molecule has 5 rings (SSSR count). The highest BCUT2D eigenvalue weighted by atomic mass is 16.2. The molecular formula is C29H29N5O3. The highest BCUT2D eigenvalue weighted by molar-refractivity contribution is 6.10. The van der Waals surface area contributed by atoms with Crippen molar-refractivity contribution in [2.75, 3.05) is 5.32 Å². The van der Waals surface area contributed by atoms with E-state index in [4.69, 9.17) is 5.73 Å². The molecular weight excluding hydrogens is 466 g/mol. The predicted octanol–water partition coefficient (Wildman–Crippen LogP) is 4.23. The van der Waals surface area contributed by atoms with Crippen LogP contribution in [0.25, 0.3) is 11.0 Å². The minimum atomic E-state index is -0.893. The van der Waals surface area contributed by atoms with Gasteiger partial charge in [-0.1, -0.05) is 61.4 Å². The van der Waals surface area contributed by atoms with Crippen molar-refractivity contribution in [2.45, 2.75) is 44.2 Å². The number of carbonyl (C=O) groups excluding carboxylic acids is 3. The number of hydrogen-bond acceptors (Lipinski definition) is 4. The zero-order valence-corrected chi connectivity index (χ0v) is 20.4. The number of imidazole rings is 1. The maximum Gasteiger partial charge on any atom is 0.255 e. The van der Waals surface area contributed by atoms with Crippen molar-refractivity contribution in [3.8, 4) is 0 Å². The van der Waals surface area contributed by atoms with Gasteiger partial charge in [0.25, 0.3) is 11.8 Å². The Bertz CT molecular complexity index is 1430. The van der Waals surface area contributed by atoms with Crippen molar-refractivity contribution in [3.63, 3.8) is 0 Å². The van der Waals surface area contributed by atoms with E-state index in [1.165, 1.54) is 0 Å². The SMILES string of the molecule is NC(=O)[C@H](Cc1ccccc1)NC(=O)c1cc(NC(=O)c2ccccc2)cc2ncn(C3CCCC3)c12. The van der Waals surface area contributed by atoms with E-state index in [-0.39, 0.29) is 18.4 Å². The molecule has 1 atom stereocenters. The van der Waals surface area contributed by atoms with Crippen LogP contribution in [0.1, 0.15) is 58.0 Å². The summed E-state index contributed by atoms with van der Waals surface area (Å²) in [6, 6.07) is 21.0. The number of nitrogens with two attached hydrogens (primary N) is 1. The van der Waals surface area contributed by atoms with Crippen LogP contribution >= 0.6 is 0 Å². The van der Waals surface area contributed by atoms with Gasteiger partial charge in [0.05, 0.1) is 22.9 Å². The maximum absolute atomic E-state index is 13.7. The molecule has 1 heterocycles. The van der Waals surface area contributed by atoms with E-state index < -0.39 is 17.9 Å². The first-order valence-electron chi connectivity index (χ1n) is 12.5. The van der Waals surface area contributed by atoms with Crippen LogP contribution in [0.15, 0.2) is 79.1 Å². The zero-order chi connectivity index (χ0) is 25.8. The van der Waals surface area contributed by atoms with Crippen molar-refractivity contribution >= 4 is 34.4 Å². The molecule has 37 heavy (non-hydrogen) atoms. The number of benzene rings is 3. The van der Waals surface area contributed by atoms with E-state index in [1.807, 2.05) is 36.4 Å². The Kier molecular flexibility index (Phi) is 6.98. The summed E-state index contributed by atoms with van der Waals surface area (Å²) in [5.74, 6) is -1.35. The quantitative estimate of drug-likeness (QED) is 0.339. The van der Waals surface area contributed by atoms with Gasteiger partial charge in [-0.05, 0) is 42.7 Å². The number of primary amides is 1. The number of carbonyl (C=O) groups is 3. The molecule has 4 aromatic rings. The smallest absolute Gasteiger partial charge is 0.255 e. The van der Waals surface area contributed by atoms with Gasteiger partial charge in [-0.15, -0.1) is 0 Å². The fraction of sp³-hybridized carbons (Fsp3) is 0.241. The van der Waals surface area contributed by atoms with Crippen LogP contribution in [0, 0.1) is 0 Å². The van der Waals surface area contributed by atoms with Crippen LogP contribution in [0.4, 0.5) is 5.69 Å². The van der Waals surface area contributed by atoms with Crippen LogP contribution in [0.2, 0.25) is 0 Å². The molecule has 8 heteroatoms. The van der Waals surface area contributed by atoms with Gasteiger partial charge in [-0.3, -0.25) is 14.4 Å². The zero-order valence-electron chi connectivity index (χ0n) is 20.4. The van der Waals surface area contributed by atoms with Gasteiger partial charge < -0.3 is 20.9 Å². The lowest BCUT2D eigenvalue weighted by molar-refractivity contribution is -0.119. The van der Waals surface area contributed by atoms with Crippen molar-refractivity contribution < 1.29 is 14.4 Å². The van der Waals surface area contributed by atoms with Crippen molar-refractivity contribution in [1.82, 2.24) is 14.9 Å². The van der Waals surface area contributed by atoms with Gasteiger partial charge in [0.15, 0.2) is 0 Å². The number of hydrogen-bond donors (Lipinski definition) is 3. The Morgan fingerprint density at radius 1 is 0.946 bits per heavy atom. The third kappa shape index (κ3) is 5.38. The first-order valence-corrected chi connectivity index (χ1v) is 12.5. The van der Waals surface area contributed by atoms with Gasteiger partial charge in [0.1, 0.15) is 6.04 Å². The highest BCUT2D eigenvalue weighted by Crippen LogP contribution is 2.34. The van der Waals surface area contributed by atoms with E-state index in [2.05, 4.69) is 20.2 Å². The molecule has 0 aliphatic heterocycles. The van der Waals surface area contributed by atoms with Crippen molar-refractivity contribution in [2.24, 2.45) is 5.73 Å². The summed E-state index contributed by atoms with van der Waals surface area (Å²) in [6.45, 7) is 0. The molecule has 1 aliphatic carbocycles. The minimum Gasteiger partial charge on any atom is -0.368 e. The highest BCUT2D eigenvalue weighted by Gasteiger charge is 2.26. The lowest BCUT2D eigenvalue weighted by Crippen LogP contribution is -2.46. The summed E-state index contributed by atoms with van der Waals surface area (Å²) >= 11 is 0. The molecule has 1 saturated carbocycles. The van der Waals surface area contributed by atoms with Gasteiger partial charge in [-0.25, -0.2) is 4.98 Å². The van der Waals surface area contributed by atoms with E-state index in [9.17, 15) is 14.4 Å². The average molecular weight is 496 g/mol. The summed E-state index contributed by atoms with van der Waals surface area (Å²) in [5.41, 5.74) is 9.12. The van der Waals surface area contributed by atoms with Crippen LogP contribution in [-0.2, 0) is 11.2 Å². The molecule has 0 unspecified atom stereocenters. The summed E-state index contributed by atoms with van der Waals surface area (Å²) in [5, 5.41) is 5.71. The lowest BCUT2D eigenvalue weighted by Gasteiger charge is -2.19. The first-order chi connectivity index (χ1) is 18.0. The molecule has 8 nitrogen and oxygen atoms in total. The predicted molar refractivity (Wildman–Crippen MR) is 142 cm³/mol. The van der Waals surface area contributed by atoms with E-state index in [0.717, 1.165) is 31.2 Å². The molecule has 0 radical (unpaired) electrons. The molecule has 0 spiro atoms. The summed E-state index contributed by atoms with van der Waals surface area (Å²) < 4.78 is 2.05. The molecule has 1 aromatic heterocycles. The number of anilines is 1. The largest absolute Gasteiger partial charge is 0.368 e. The molecule has 0 saturated heterocycles. The van der Waals surface area contributed by atoms with E-state index in [0.29, 0.717) is 27.8 Å². The third-order valence-corrected chi connectivity index (χ3v) is 6.86. The molecule has 4 N–H and O–H groups in total. The topological polar surface area (TPSA) is 119 Å². The number of nitrogens with one attached hydrogen (secondary N) is 2. The number of aromatic nitrogens is 2. The minimum absolute atomic E-state index is 0.248. The van der Waals surface area contributed by atoms with E-state index >= 15 is 0 Å². The molecule has 3 aromatic carbocycles. The fourth-order valence-corrected chi connectivity index (χ4v) is 4.98. The van der Waals surface area contributed by atoms with Crippen LogP contribution in [0.5, 0.6) is 0 Å². The molecule has 1 aliphatic rings. The Morgan fingerprint density at radius 2 is 1.62 bits per heavy atom. The summed E-state index contributed by atoms with van der Waals surface area (Å²) in [6.07, 6.45) is 6.30. The normalized spacial score (nSPS) is 14.4. The monoisotopic (exact) mass is 495 g/mol. The van der Waals surface area contributed by atoms with Gasteiger partial charge in [-0.2, -0.15) is 0 Å². The Hall–Kier alpha value is -4.46. The Labute approximate surface area is 214 Å². The molecule has 0 bridgehead atoms. The first kappa shape index (κ1) is 24.2.